The maximum Gasteiger partial charge on any atom is 0.404 e. The smallest absolute Gasteiger partial charge is 0.404 e. The summed E-state index contributed by atoms with van der Waals surface area (Å²) in [7, 11) is 1.55. The summed E-state index contributed by atoms with van der Waals surface area (Å²) < 4.78 is 25.5. The number of pyridine rings is 2. The Hall–Kier alpha value is -4.51. The molecule has 14 heteroatoms. The van der Waals surface area contributed by atoms with Gasteiger partial charge < -0.3 is 30.5 Å². The lowest BCUT2D eigenvalue weighted by molar-refractivity contribution is 0.143. The van der Waals surface area contributed by atoms with Crippen LogP contribution in [0.3, 0.4) is 0 Å². The molecule has 0 fully saturated rings. The molecule has 0 bridgehead atoms. The van der Waals surface area contributed by atoms with Crippen molar-refractivity contribution in [2.24, 2.45) is 0 Å². The van der Waals surface area contributed by atoms with Gasteiger partial charge in [0.05, 0.1) is 36.4 Å². The van der Waals surface area contributed by atoms with Gasteiger partial charge in [-0.1, -0.05) is 13.3 Å². The molecule has 0 spiro atoms. The highest BCUT2D eigenvalue weighted by Gasteiger charge is 2.22. The van der Waals surface area contributed by atoms with Crippen LogP contribution in [0.4, 0.5) is 26.5 Å². The van der Waals surface area contributed by atoms with Gasteiger partial charge in [-0.25, -0.2) is 19.2 Å². The molecule has 0 aliphatic rings. The lowest BCUT2D eigenvalue weighted by Gasteiger charge is -2.25. The quantitative estimate of drug-likeness (QED) is 0.247. The van der Waals surface area contributed by atoms with Gasteiger partial charge in [0.1, 0.15) is 18.4 Å². The Bertz CT molecular complexity index is 1230. The number of methoxy groups -OCH3 is 1. The molecule has 37 heavy (non-hydrogen) atoms. The van der Waals surface area contributed by atoms with E-state index in [9.17, 15) is 14.4 Å². The Morgan fingerprint density at radius 1 is 1.27 bits per heavy atom. The first kappa shape index (κ1) is 27.1. The number of aromatic nitrogens is 5. The lowest BCUT2D eigenvalue weighted by atomic mass is 10.0. The lowest BCUT2D eigenvalue weighted by Crippen LogP contribution is -2.44. The molecule has 3 aromatic heterocycles. The van der Waals surface area contributed by atoms with Gasteiger partial charge in [-0.05, 0) is 25.5 Å². The van der Waals surface area contributed by atoms with Crippen LogP contribution in [0.15, 0.2) is 30.7 Å². The molecule has 2 atom stereocenters. The van der Waals surface area contributed by atoms with E-state index in [4.69, 9.17) is 14.6 Å². The number of amides is 1. The molecule has 0 saturated heterocycles. The second kappa shape index (κ2) is 13.0. The highest BCUT2D eigenvalue weighted by Crippen LogP contribution is 2.28. The minimum atomic E-state index is -1.18. The van der Waals surface area contributed by atoms with Gasteiger partial charge in [0, 0.05) is 19.2 Å². The van der Waals surface area contributed by atoms with Crippen LogP contribution >= 0.6 is 0 Å². The molecule has 0 aliphatic carbocycles. The van der Waals surface area contributed by atoms with Crippen molar-refractivity contribution in [2.45, 2.75) is 38.8 Å². The molecule has 3 heterocycles. The number of rotatable bonds is 13. The van der Waals surface area contributed by atoms with Crippen molar-refractivity contribution < 1.29 is 23.8 Å². The molecular weight excluding hydrogens is 485 g/mol. The summed E-state index contributed by atoms with van der Waals surface area (Å²) in [4.78, 5) is 21.0. The summed E-state index contributed by atoms with van der Waals surface area (Å²) >= 11 is 0. The minimum absolute atomic E-state index is 0.0361. The number of ether oxygens (including phenoxy) is 2. The zero-order valence-electron chi connectivity index (χ0n) is 20.6. The second-order valence-electron chi connectivity index (χ2n) is 7.94. The number of carbonyl (C=O) groups is 1. The minimum Gasteiger partial charge on any atom is -0.474 e. The van der Waals surface area contributed by atoms with Crippen LogP contribution in [0.25, 0.3) is 5.69 Å². The number of nitriles is 1. The summed E-state index contributed by atoms with van der Waals surface area (Å²) in [5, 5.41) is 35.2. The highest BCUT2D eigenvalue weighted by molar-refractivity contribution is 5.67. The first-order chi connectivity index (χ1) is 17.9. The molecule has 0 saturated carbocycles. The van der Waals surface area contributed by atoms with Crippen LogP contribution in [-0.2, 0) is 4.74 Å². The number of carboxylic acid groups (broad SMARTS) is 1. The zero-order chi connectivity index (χ0) is 26.8. The molecule has 0 aliphatic heterocycles. The van der Waals surface area contributed by atoms with E-state index in [-0.39, 0.29) is 29.7 Å². The van der Waals surface area contributed by atoms with Crippen LogP contribution in [0, 0.1) is 17.1 Å². The summed E-state index contributed by atoms with van der Waals surface area (Å²) in [6.45, 7) is 4.22. The predicted molar refractivity (Wildman–Crippen MR) is 132 cm³/mol. The molecule has 4 N–H and O–H groups in total. The summed E-state index contributed by atoms with van der Waals surface area (Å²) in [5.74, 6) is -0.529. The largest absolute Gasteiger partial charge is 0.474 e. The summed E-state index contributed by atoms with van der Waals surface area (Å²) in [5.41, 5.74) is 0.798. The highest BCUT2D eigenvalue weighted by atomic mass is 19.1. The third-order valence-corrected chi connectivity index (χ3v) is 5.23. The third kappa shape index (κ3) is 7.24. The van der Waals surface area contributed by atoms with Gasteiger partial charge >= 0.3 is 6.09 Å². The molecule has 0 radical (unpaired) electrons. The predicted octanol–water partition coefficient (Wildman–Crippen LogP) is 3.07. The molecule has 3 rings (SSSR count). The number of hydrogen-bond donors (Lipinski definition) is 4. The van der Waals surface area contributed by atoms with E-state index >= 15 is 0 Å². The zero-order valence-corrected chi connectivity index (χ0v) is 20.6. The molecule has 0 unspecified atom stereocenters. The summed E-state index contributed by atoms with van der Waals surface area (Å²) in [6.07, 6.45) is 4.56. The topological polar surface area (TPSA) is 172 Å². The van der Waals surface area contributed by atoms with Crippen LogP contribution < -0.4 is 20.7 Å². The molecule has 13 nitrogen and oxygen atoms in total. The molecule has 196 valence electrons. The van der Waals surface area contributed by atoms with Crippen LogP contribution in [0.2, 0.25) is 0 Å². The third-order valence-electron chi connectivity index (χ3n) is 5.23. The van der Waals surface area contributed by atoms with Crippen molar-refractivity contribution in [3.8, 4) is 17.6 Å². The number of halogens is 1. The van der Waals surface area contributed by atoms with Crippen LogP contribution in [0.5, 0.6) is 5.88 Å². The average Bonchev–Trinajstić information content (AvgIpc) is 3.40. The summed E-state index contributed by atoms with van der Waals surface area (Å²) in [6, 6.07) is 3.67. The van der Waals surface area contributed by atoms with Crippen LogP contribution in [0.1, 0.15) is 32.3 Å². The standard InChI is InChI=1S/C23H28FN9O4/c1-4-5-18(14(2)29-23(34)35)31-21-17(24)10-15(12-25)20(32-21)30-16-11-19(33-27-6-7-28-33)22(26-13-16)37-9-8-36-3/h6-7,10-11,13-14,18,29H,4-5,8-9H2,1-3H3,(H,34,35)(H2,30,31,32)/t14-,18-/m0/s1. The molecule has 0 aromatic carbocycles. The van der Waals surface area contributed by atoms with Gasteiger partial charge in [-0.15, -0.1) is 4.80 Å². The van der Waals surface area contributed by atoms with Crippen LogP contribution in [-0.4, -0.2) is 68.6 Å². The number of hydrogen-bond acceptors (Lipinski definition) is 10. The van der Waals surface area contributed by atoms with E-state index in [2.05, 4.69) is 36.1 Å². The fourth-order valence-electron chi connectivity index (χ4n) is 3.46. The number of anilines is 3. The normalized spacial score (nSPS) is 12.3. The average molecular weight is 514 g/mol. The van der Waals surface area contributed by atoms with Gasteiger partial charge in [0.15, 0.2) is 17.5 Å². The van der Waals surface area contributed by atoms with Gasteiger partial charge in [0.25, 0.3) is 0 Å². The maximum absolute atomic E-state index is 14.8. The van der Waals surface area contributed by atoms with E-state index in [1.165, 1.54) is 23.4 Å². The first-order valence-electron chi connectivity index (χ1n) is 11.5. The molecule has 1 amide bonds. The first-order valence-corrected chi connectivity index (χ1v) is 11.5. The Morgan fingerprint density at radius 2 is 2.03 bits per heavy atom. The van der Waals surface area contributed by atoms with E-state index < -0.39 is 24.0 Å². The van der Waals surface area contributed by atoms with E-state index in [1.54, 1.807) is 20.1 Å². The van der Waals surface area contributed by atoms with Gasteiger partial charge in [-0.3, -0.25) is 0 Å². The van der Waals surface area contributed by atoms with Gasteiger partial charge in [-0.2, -0.15) is 15.5 Å². The maximum atomic E-state index is 14.8. The van der Waals surface area contributed by atoms with Crippen molar-refractivity contribution in [3.05, 3.63) is 42.1 Å². The van der Waals surface area contributed by atoms with Crippen molar-refractivity contribution in [3.63, 3.8) is 0 Å². The number of nitrogens with zero attached hydrogens (tertiary/aromatic N) is 6. The van der Waals surface area contributed by atoms with Gasteiger partial charge in [0.2, 0.25) is 5.88 Å². The van der Waals surface area contributed by atoms with E-state index in [0.29, 0.717) is 24.4 Å². The fourth-order valence-corrected chi connectivity index (χ4v) is 3.46. The van der Waals surface area contributed by atoms with E-state index in [0.717, 1.165) is 12.5 Å². The Balaban J connectivity index is 1.92. The Morgan fingerprint density at radius 3 is 2.68 bits per heavy atom. The molecule has 3 aromatic rings. The Kier molecular flexibility index (Phi) is 9.50. The van der Waals surface area contributed by atoms with Crippen molar-refractivity contribution in [1.29, 1.82) is 5.26 Å². The fraction of sp³-hybridized carbons (Fsp3) is 0.391. The Labute approximate surface area is 212 Å². The second-order valence-corrected chi connectivity index (χ2v) is 7.94. The van der Waals surface area contributed by atoms with Crippen molar-refractivity contribution in [2.75, 3.05) is 31.0 Å². The monoisotopic (exact) mass is 513 g/mol. The number of nitrogens with one attached hydrogen (secondary N) is 3. The SMILES string of the molecule is CCC[C@H](Nc1nc(Nc2cnc(OCCOC)c(-n3nccn3)c2)c(C#N)cc1F)[C@H](C)NC(=O)O. The van der Waals surface area contributed by atoms with Crippen molar-refractivity contribution >= 4 is 23.4 Å². The van der Waals surface area contributed by atoms with E-state index in [1.807, 2.05) is 13.0 Å². The van der Waals surface area contributed by atoms with Crippen molar-refractivity contribution in [1.82, 2.24) is 30.3 Å². The molecular formula is C23H28FN9O4.